The number of aromatic nitrogens is 1. The summed E-state index contributed by atoms with van der Waals surface area (Å²) in [6.07, 6.45) is 1.36. The lowest BCUT2D eigenvalue weighted by atomic mass is 10.1. The molecule has 2 amide bonds. The minimum atomic E-state index is -0.483. The Labute approximate surface area is 97.6 Å². The molecule has 0 spiro atoms. The van der Waals surface area contributed by atoms with Crippen molar-refractivity contribution in [2.24, 2.45) is 0 Å². The van der Waals surface area contributed by atoms with E-state index in [1.807, 2.05) is 0 Å². The van der Waals surface area contributed by atoms with E-state index in [0.29, 0.717) is 18.7 Å². The van der Waals surface area contributed by atoms with Gasteiger partial charge in [-0.2, -0.15) is 0 Å². The number of aromatic amines is 1. The van der Waals surface area contributed by atoms with Gasteiger partial charge in [-0.3, -0.25) is 14.4 Å². The quantitative estimate of drug-likeness (QED) is 0.677. The molecule has 17 heavy (non-hydrogen) atoms. The van der Waals surface area contributed by atoms with Crippen LogP contribution < -0.4 is 10.9 Å². The summed E-state index contributed by atoms with van der Waals surface area (Å²) in [5, 5.41) is 2.69. The molecule has 0 saturated carbocycles. The fourth-order valence-electron chi connectivity index (χ4n) is 1.77. The summed E-state index contributed by atoms with van der Waals surface area (Å²) < 4.78 is 0. The van der Waals surface area contributed by atoms with Crippen molar-refractivity contribution in [3.8, 4) is 0 Å². The predicted molar refractivity (Wildman–Crippen MR) is 60.6 cm³/mol. The number of hydrogen-bond donors (Lipinski definition) is 2. The number of rotatable bonds is 1. The first-order valence-electron chi connectivity index (χ1n) is 5.37. The molecule has 2 heterocycles. The Morgan fingerprint density at radius 1 is 1.41 bits per heavy atom. The van der Waals surface area contributed by atoms with Gasteiger partial charge < -0.3 is 15.2 Å². The van der Waals surface area contributed by atoms with E-state index in [4.69, 9.17) is 0 Å². The molecule has 90 valence electrons. The number of H-pyrrole nitrogens is 1. The van der Waals surface area contributed by atoms with Crippen LogP contribution in [-0.4, -0.2) is 40.8 Å². The van der Waals surface area contributed by atoms with Crippen molar-refractivity contribution in [2.45, 2.75) is 13.0 Å². The molecule has 1 saturated heterocycles. The first kappa shape index (κ1) is 11.4. The largest absolute Gasteiger partial charge is 0.353 e. The van der Waals surface area contributed by atoms with Crippen molar-refractivity contribution in [1.82, 2.24) is 15.2 Å². The number of carbonyl (C=O) groups excluding carboxylic acids is 2. The zero-order chi connectivity index (χ0) is 12.4. The number of hydrogen-bond acceptors (Lipinski definition) is 3. The topological polar surface area (TPSA) is 82.3 Å². The maximum atomic E-state index is 12.1. The smallest absolute Gasteiger partial charge is 0.256 e. The highest BCUT2D eigenvalue weighted by molar-refractivity contribution is 5.97. The highest BCUT2D eigenvalue weighted by Gasteiger charge is 2.29. The second kappa shape index (κ2) is 4.40. The fraction of sp³-hybridized carbons (Fsp3) is 0.364. The van der Waals surface area contributed by atoms with Crippen molar-refractivity contribution >= 4 is 11.8 Å². The van der Waals surface area contributed by atoms with Gasteiger partial charge in [0.25, 0.3) is 5.91 Å². The molecular weight excluding hydrogens is 222 g/mol. The van der Waals surface area contributed by atoms with Gasteiger partial charge in [-0.25, -0.2) is 0 Å². The van der Waals surface area contributed by atoms with Gasteiger partial charge in [0.1, 0.15) is 6.04 Å². The van der Waals surface area contributed by atoms with E-state index in [2.05, 4.69) is 10.3 Å². The summed E-state index contributed by atoms with van der Waals surface area (Å²) in [5.41, 5.74) is 0.122. The van der Waals surface area contributed by atoms with E-state index in [1.165, 1.54) is 23.2 Å². The van der Waals surface area contributed by atoms with Crippen molar-refractivity contribution < 1.29 is 9.59 Å². The molecule has 1 aliphatic heterocycles. The standard InChI is InChI=1S/C11H13N3O3/c1-7-10(16)12-4-5-14(7)11(17)8-2-3-9(15)13-6-8/h2-3,6-7H,4-5H2,1H3,(H,12,16)(H,13,15). The summed E-state index contributed by atoms with van der Waals surface area (Å²) >= 11 is 0. The monoisotopic (exact) mass is 235 g/mol. The average molecular weight is 235 g/mol. The molecule has 1 aromatic heterocycles. The summed E-state index contributed by atoms with van der Waals surface area (Å²) in [4.78, 5) is 38.3. The van der Waals surface area contributed by atoms with Gasteiger partial charge in [-0.15, -0.1) is 0 Å². The van der Waals surface area contributed by atoms with E-state index in [9.17, 15) is 14.4 Å². The number of nitrogens with zero attached hydrogens (tertiary/aromatic N) is 1. The number of amides is 2. The molecule has 2 rings (SSSR count). The molecule has 6 heteroatoms. The van der Waals surface area contributed by atoms with Crippen LogP contribution in [0.15, 0.2) is 23.1 Å². The summed E-state index contributed by atoms with van der Waals surface area (Å²) in [7, 11) is 0. The molecule has 0 bridgehead atoms. The van der Waals surface area contributed by atoms with Crippen LogP contribution in [0.25, 0.3) is 0 Å². The van der Waals surface area contributed by atoms with Crippen LogP contribution in [0.5, 0.6) is 0 Å². The van der Waals surface area contributed by atoms with Crippen LogP contribution in [0.1, 0.15) is 17.3 Å². The molecule has 2 N–H and O–H groups in total. The van der Waals surface area contributed by atoms with Gasteiger partial charge in [0, 0.05) is 25.4 Å². The van der Waals surface area contributed by atoms with Crippen LogP contribution in [0, 0.1) is 0 Å². The summed E-state index contributed by atoms with van der Waals surface area (Å²) in [6, 6.07) is 2.27. The maximum absolute atomic E-state index is 12.1. The number of carbonyl (C=O) groups is 2. The third kappa shape index (κ3) is 2.20. The van der Waals surface area contributed by atoms with E-state index < -0.39 is 6.04 Å². The van der Waals surface area contributed by atoms with Gasteiger partial charge in [-0.05, 0) is 13.0 Å². The van der Waals surface area contributed by atoms with Gasteiger partial charge in [0.2, 0.25) is 11.5 Å². The lowest BCUT2D eigenvalue weighted by Gasteiger charge is -2.32. The second-order valence-electron chi connectivity index (χ2n) is 3.91. The maximum Gasteiger partial charge on any atom is 0.256 e. The van der Waals surface area contributed by atoms with E-state index in [0.717, 1.165) is 0 Å². The molecule has 0 aromatic carbocycles. The predicted octanol–water partition coefficient (Wildman–Crippen LogP) is -0.665. The number of nitrogens with one attached hydrogen (secondary N) is 2. The molecule has 1 aromatic rings. The third-order valence-corrected chi connectivity index (χ3v) is 2.79. The Balaban J connectivity index is 2.22. The summed E-state index contributed by atoms with van der Waals surface area (Å²) in [6.45, 7) is 2.61. The molecular formula is C11H13N3O3. The minimum absolute atomic E-state index is 0.158. The van der Waals surface area contributed by atoms with E-state index in [1.54, 1.807) is 6.92 Å². The second-order valence-corrected chi connectivity index (χ2v) is 3.91. The van der Waals surface area contributed by atoms with Gasteiger partial charge in [0.15, 0.2) is 0 Å². The molecule has 1 atom stereocenters. The molecule has 1 unspecified atom stereocenters. The summed E-state index contributed by atoms with van der Waals surface area (Å²) in [5.74, 6) is -0.405. The van der Waals surface area contributed by atoms with E-state index >= 15 is 0 Å². The Hall–Kier alpha value is -2.11. The lowest BCUT2D eigenvalue weighted by Crippen LogP contribution is -2.55. The zero-order valence-electron chi connectivity index (χ0n) is 9.40. The van der Waals surface area contributed by atoms with Crippen LogP contribution in [0.4, 0.5) is 0 Å². The zero-order valence-corrected chi connectivity index (χ0v) is 9.40. The first-order valence-corrected chi connectivity index (χ1v) is 5.37. The highest BCUT2D eigenvalue weighted by atomic mass is 16.2. The highest BCUT2D eigenvalue weighted by Crippen LogP contribution is 2.09. The molecule has 6 nitrogen and oxygen atoms in total. The number of pyridine rings is 1. The molecule has 0 radical (unpaired) electrons. The lowest BCUT2D eigenvalue weighted by molar-refractivity contribution is -0.127. The van der Waals surface area contributed by atoms with Gasteiger partial charge in [0.05, 0.1) is 5.56 Å². The Bertz CT molecular complexity index is 488. The number of piperazine rings is 1. The van der Waals surface area contributed by atoms with Crippen LogP contribution >= 0.6 is 0 Å². The van der Waals surface area contributed by atoms with Crippen LogP contribution in [0.3, 0.4) is 0 Å². The fourth-order valence-corrected chi connectivity index (χ4v) is 1.77. The normalized spacial score (nSPS) is 19.9. The minimum Gasteiger partial charge on any atom is -0.353 e. The third-order valence-electron chi connectivity index (χ3n) is 2.79. The van der Waals surface area contributed by atoms with Crippen molar-refractivity contribution in [1.29, 1.82) is 0 Å². The Morgan fingerprint density at radius 2 is 2.18 bits per heavy atom. The van der Waals surface area contributed by atoms with Crippen molar-refractivity contribution in [2.75, 3.05) is 13.1 Å². The van der Waals surface area contributed by atoms with Crippen molar-refractivity contribution in [3.05, 3.63) is 34.2 Å². The van der Waals surface area contributed by atoms with Crippen molar-refractivity contribution in [3.63, 3.8) is 0 Å². The van der Waals surface area contributed by atoms with E-state index in [-0.39, 0.29) is 17.4 Å². The molecule has 1 fully saturated rings. The van der Waals surface area contributed by atoms with Crippen LogP contribution in [-0.2, 0) is 4.79 Å². The first-order chi connectivity index (χ1) is 8.09. The SMILES string of the molecule is CC1C(=O)NCCN1C(=O)c1ccc(=O)[nH]c1. The average Bonchev–Trinajstić information content (AvgIpc) is 2.33. The molecule has 1 aliphatic rings. The molecule has 0 aliphatic carbocycles. The van der Waals surface area contributed by atoms with Crippen LogP contribution in [0.2, 0.25) is 0 Å². The Morgan fingerprint density at radius 3 is 2.82 bits per heavy atom. The van der Waals surface area contributed by atoms with Gasteiger partial charge in [-0.1, -0.05) is 0 Å². The van der Waals surface area contributed by atoms with Gasteiger partial charge >= 0.3 is 0 Å². The Kier molecular flexibility index (Phi) is 2.95.